The van der Waals surface area contributed by atoms with Gasteiger partial charge in [0.2, 0.25) is 0 Å². The highest BCUT2D eigenvalue weighted by Crippen LogP contribution is 2.23. The topological polar surface area (TPSA) is 76.4 Å². The number of nitrogens with zero attached hydrogens (tertiary/aromatic N) is 4. The van der Waals surface area contributed by atoms with Gasteiger partial charge in [-0.2, -0.15) is 11.8 Å². The zero-order chi connectivity index (χ0) is 21.3. The van der Waals surface area contributed by atoms with E-state index < -0.39 is 0 Å². The number of nitrogens with one attached hydrogen (secondary N) is 2. The number of para-hydroxylation sites is 1. The number of aliphatic imine (C=N–C) groups is 1. The molecule has 0 saturated heterocycles. The second-order valence-corrected chi connectivity index (χ2v) is 8.82. The second kappa shape index (κ2) is 11.1. The molecule has 2 aromatic rings. The highest BCUT2D eigenvalue weighted by molar-refractivity contribution is 7.98. The molecule has 0 radical (unpaired) electrons. The molecule has 2 rings (SSSR count). The Morgan fingerprint density at radius 1 is 1.21 bits per heavy atom. The minimum atomic E-state index is -0.250. The highest BCUT2D eigenvalue weighted by Gasteiger charge is 2.14. The zero-order valence-corrected chi connectivity index (χ0v) is 19.3. The molecule has 0 amide bonds. The van der Waals surface area contributed by atoms with Gasteiger partial charge in [0.05, 0.1) is 13.1 Å². The average Bonchev–Trinajstić information content (AvgIpc) is 2.98. The van der Waals surface area contributed by atoms with Gasteiger partial charge < -0.3 is 19.9 Å². The van der Waals surface area contributed by atoms with Crippen LogP contribution < -0.4 is 15.4 Å². The largest absolute Gasteiger partial charge is 0.488 e. The molecule has 0 aliphatic heterocycles. The third-order valence-electron chi connectivity index (χ3n) is 4.21. The predicted molar refractivity (Wildman–Crippen MR) is 122 cm³/mol. The molecule has 8 heteroatoms. The number of thioether (sulfide) groups is 1. The molecule has 0 fully saturated rings. The number of benzene rings is 1. The molecule has 0 aliphatic carbocycles. The molecule has 0 atom stereocenters. The van der Waals surface area contributed by atoms with Gasteiger partial charge in [0, 0.05) is 19.2 Å². The van der Waals surface area contributed by atoms with Crippen LogP contribution in [0.25, 0.3) is 0 Å². The van der Waals surface area contributed by atoms with E-state index in [1.807, 2.05) is 48.5 Å². The van der Waals surface area contributed by atoms with Crippen LogP contribution in [0, 0.1) is 6.92 Å². The summed E-state index contributed by atoms with van der Waals surface area (Å²) in [4.78, 5) is 4.78. The first-order valence-electron chi connectivity index (χ1n) is 9.93. The van der Waals surface area contributed by atoms with Gasteiger partial charge >= 0.3 is 0 Å². The predicted octanol–water partition coefficient (Wildman–Crippen LogP) is 3.29. The van der Waals surface area contributed by atoms with E-state index in [9.17, 15) is 0 Å². The van der Waals surface area contributed by atoms with Crippen LogP contribution in [-0.4, -0.2) is 44.9 Å². The lowest BCUT2D eigenvalue weighted by atomic mass is 10.1. The van der Waals surface area contributed by atoms with Gasteiger partial charge in [-0.3, -0.25) is 0 Å². The number of aromatic nitrogens is 3. The van der Waals surface area contributed by atoms with E-state index >= 15 is 0 Å². The number of hydrogen-bond donors (Lipinski definition) is 2. The smallest absolute Gasteiger partial charge is 0.191 e. The van der Waals surface area contributed by atoms with Crippen molar-refractivity contribution in [3.05, 3.63) is 41.5 Å². The van der Waals surface area contributed by atoms with Crippen LogP contribution in [-0.2, 0) is 20.1 Å². The van der Waals surface area contributed by atoms with Gasteiger partial charge in [0.25, 0.3) is 0 Å². The van der Waals surface area contributed by atoms with Crippen molar-refractivity contribution in [3.63, 3.8) is 0 Å². The van der Waals surface area contributed by atoms with Crippen LogP contribution in [0.2, 0.25) is 0 Å². The van der Waals surface area contributed by atoms with E-state index in [4.69, 9.17) is 9.73 Å². The summed E-state index contributed by atoms with van der Waals surface area (Å²) >= 11 is 1.85. The van der Waals surface area contributed by atoms with Crippen LogP contribution in [0.3, 0.4) is 0 Å². The number of rotatable bonds is 9. The maximum Gasteiger partial charge on any atom is 0.191 e. The number of hydrogen-bond acceptors (Lipinski definition) is 5. The minimum absolute atomic E-state index is 0.250. The second-order valence-electron chi connectivity index (χ2n) is 7.84. The van der Waals surface area contributed by atoms with Crippen molar-refractivity contribution in [2.45, 2.75) is 52.8 Å². The molecule has 0 spiro atoms. The number of guanidine groups is 1. The Hall–Kier alpha value is -2.22. The maximum atomic E-state index is 6.09. The summed E-state index contributed by atoms with van der Waals surface area (Å²) in [6.45, 7) is 10.1. The summed E-state index contributed by atoms with van der Waals surface area (Å²) in [6, 6.07) is 8.06. The summed E-state index contributed by atoms with van der Waals surface area (Å²) in [5, 5.41) is 15.1. The molecule has 0 unspecified atom stereocenters. The Kier molecular flexibility index (Phi) is 8.82. The SMILES string of the molecule is CSCCCNC(=NCc1ccccc1OC(C)(C)C)NCc1nnc(C)n1C. The summed E-state index contributed by atoms with van der Waals surface area (Å²) in [5.74, 6) is 4.51. The first-order valence-corrected chi connectivity index (χ1v) is 11.3. The van der Waals surface area contributed by atoms with Gasteiger partial charge in [0.1, 0.15) is 17.2 Å². The van der Waals surface area contributed by atoms with E-state index in [-0.39, 0.29) is 5.60 Å². The van der Waals surface area contributed by atoms with Crippen molar-refractivity contribution in [2.24, 2.45) is 12.0 Å². The van der Waals surface area contributed by atoms with E-state index in [1.54, 1.807) is 0 Å². The summed E-state index contributed by atoms with van der Waals surface area (Å²) < 4.78 is 8.07. The lowest BCUT2D eigenvalue weighted by Gasteiger charge is -2.23. The highest BCUT2D eigenvalue weighted by atomic mass is 32.2. The van der Waals surface area contributed by atoms with Gasteiger partial charge in [-0.05, 0) is 52.2 Å². The third-order valence-corrected chi connectivity index (χ3v) is 4.91. The van der Waals surface area contributed by atoms with Crippen LogP contribution in [0.4, 0.5) is 0 Å². The molecule has 7 nitrogen and oxygen atoms in total. The van der Waals surface area contributed by atoms with Crippen molar-refractivity contribution in [1.82, 2.24) is 25.4 Å². The van der Waals surface area contributed by atoms with E-state index in [0.29, 0.717) is 13.1 Å². The molecule has 1 heterocycles. The van der Waals surface area contributed by atoms with Crippen LogP contribution in [0.1, 0.15) is 44.4 Å². The maximum absolute atomic E-state index is 6.09. The zero-order valence-electron chi connectivity index (χ0n) is 18.5. The Labute approximate surface area is 178 Å². The minimum Gasteiger partial charge on any atom is -0.488 e. The molecule has 0 aliphatic rings. The summed E-state index contributed by atoms with van der Waals surface area (Å²) in [7, 11) is 1.97. The van der Waals surface area contributed by atoms with Gasteiger partial charge in [-0.25, -0.2) is 4.99 Å². The fourth-order valence-corrected chi connectivity index (χ4v) is 3.03. The average molecular weight is 419 g/mol. The van der Waals surface area contributed by atoms with Gasteiger partial charge in [0.15, 0.2) is 11.8 Å². The molecule has 0 bridgehead atoms. The third kappa shape index (κ3) is 7.97. The monoisotopic (exact) mass is 418 g/mol. The van der Waals surface area contributed by atoms with Crippen LogP contribution >= 0.6 is 11.8 Å². The fourth-order valence-electron chi connectivity index (χ4n) is 2.59. The molecule has 2 N–H and O–H groups in total. The van der Waals surface area contributed by atoms with Crippen LogP contribution in [0.15, 0.2) is 29.3 Å². The quantitative estimate of drug-likeness (QED) is 0.370. The van der Waals surface area contributed by atoms with Crippen molar-refractivity contribution >= 4 is 17.7 Å². The van der Waals surface area contributed by atoms with E-state index in [2.05, 4.69) is 53.9 Å². The van der Waals surface area contributed by atoms with Gasteiger partial charge in [-0.15, -0.1) is 10.2 Å². The van der Waals surface area contributed by atoms with Crippen molar-refractivity contribution in [3.8, 4) is 5.75 Å². The Morgan fingerprint density at radius 3 is 2.62 bits per heavy atom. The van der Waals surface area contributed by atoms with Crippen molar-refractivity contribution in [1.29, 1.82) is 0 Å². The van der Waals surface area contributed by atoms with E-state index in [0.717, 1.165) is 47.6 Å². The first-order chi connectivity index (χ1) is 13.8. The Balaban J connectivity index is 2.09. The Morgan fingerprint density at radius 2 is 1.97 bits per heavy atom. The molecular formula is C21H34N6OS. The molecule has 1 aromatic heterocycles. The number of ether oxygens (including phenoxy) is 1. The normalized spacial score (nSPS) is 12.1. The molecule has 29 heavy (non-hydrogen) atoms. The lowest BCUT2D eigenvalue weighted by molar-refractivity contribution is 0.129. The summed E-state index contributed by atoms with van der Waals surface area (Å²) in [6.07, 6.45) is 3.20. The summed E-state index contributed by atoms with van der Waals surface area (Å²) in [5.41, 5.74) is 0.808. The molecular weight excluding hydrogens is 384 g/mol. The van der Waals surface area contributed by atoms with Gasteiger partial charge in [-0.1, -0.05) is 18.2 Å². The molecule has 160 valence electrons. The Bertz CT molecular complexity index is 797. The standard InChI is InChI=1S/C21H34N6OS/c1-16-25-26-19(27(16)5)15-24-20(22-12-9-13-29-6)23-14-17-10-7-8-11-18(17)28-21(2,3)4/h7-8,10-11H,9,12-15H2,1-6H3,(H2,22,23,24). The molecule has 0 saturated carbocycles. The first kappa shape index (κ1) is 23.1. The van der Waals surface area contributed by atoms with E-state index in [1.165, 1.54) is 0 Å². The molecule has 1 aromatic carbocycles. The van der Waals surface area contributed by atoms with Crippen molar-refractivity contribution in [2.75, 3.05) is 18.6 Å². The number of aryl methyl sites for hydroxylation is 1. The van der Waals surface area contributed by atoms with Crippen molar-refractivity contribution < 1.29 is 4.74 Å². The lowest BCUT2D eigenvalue weighted by Crippen LogP contribution is -2.38. The van der Waals surface area contributed by atoms with Crippen LogP contribution in [0.5, 0.6) is 5.75 Å². The fraction of sp³-hybridized carbons (Fsp3) is 0.571.